The van der Waals surface area contributed by atoms with E-state index < -0.39 is 11.0 Å². The van der Waals surface area contributed by atoms with Gasteiger partial charge in [-0.3, -0.25) is 14.9 Å². The van der Waals surface area contributed by atoms with Crippen LogP contribution >= 0.6 is 15.9 Å². The zero-order chi connectivity index (χ0) is 12.6. The molecule has 1 atom stereocenters. The van der Waals surface area contributed by atoms with Crippen LogP contribution in [0.5, 0.6) is 0 Å². The van der Waals surface area contributed by atoms with Crippen LogP contribution in [-0.4, -0.2) is 28.6 Å². The number of carbonyl (C=O) groups excluding carboxylic acids is 1. The maximum atomic E-state index is 11.5. The first-order valence-electron chi connectivity index (χ1n) is 4.91. The molecular weight excluding hydrogens is 292 g/mol. The van der Waals surface area contributed by atoms with Crippen LogP contribution in [0.25, 0.3) is 0 Å². The topological polar surface area (TPSA) is 83.7 Å². The van der Waals surface area contributed by atoms with Gasteiger partial charge in [-0.15, -0.1) is 0 Å². The molecule has 1 fully saturated rings. The van der Waals surface area contributed by atoms with E-state index in [1.54, 1.807) is 0 Å². The lowest BCUT2D eigenvalue weighted by molar-refractivity contribution is -0.385. The second kappa shape index (κ2) is 4.42. The Bertz CT molecular complexity index is 491. The van der Waals surface area contributed by atoms with Crippen LogP contribution in [0.4, 0.5) is 11.4 Å². The van der Waals surface area contributed by atoms with Crippen molar-refractivity contribution >= 4 is 33.2 Å². The van der Waals surface area contributed by atoms with Gasteiger partial charge in [0.05, 0.1) is 28.5 Å². The number of hydrogen-bond donors (Lipinski definition) is 1. The van der Waals surface area contributed by atoms with Crippen LogP contribution in [-0.2, 0) is 4.79 Å². The summed E-state index contributed by atoms with van der Waals surface area (Å²) >= 11 is 3.09. The van der Waals surface area contributed by atoms with Crippen molar-refractivity contribution < 1.29 is 14.8 Å². The number of aliphatic hydroxyl groups is 1. The molecule has 0 radical (unpaired) electrons. The Morgan fingerprint density at radius 3 is 2.71 bits per heavy atom. The van der Waals surface area contributed by atoms with E-state index in [2.05, 4.69) is 15.9 Å². The molecule has 1 amide bonds. The number of hydrogen-bond acceptors (Lipinski definition) is 4. The summed E-state index contributed by atoms with van der Waals surface area (Å²) in [4.78, 5) is 23.1. The third kappa shape index (κ3) is 2.29. The van der Waals surface area contributed by atoms with Crippen LogP contribution in [0, 0.1) is 10.1 Å². The highest BCUT2D eigenvalue weighted by molar-refractivity contribution is 9.10. The summed E-state index contributed by atoms with van der Waals surface area (Å²) in [5, 5.41) is 20.0. The molecule has 6 nitrogen and oxygen atoms in total. The van der Waals surface area contributed by atoms with E-state index in [0.29, 0.717) is 10.2 Å². The number of nitro benzene ring substituents is 1. The van der Waals surface area contributed by atoms with Crippen molar-refractivity contribution in [3.63, 3.8) is 0 Å². The average molecular weight is 301 g/mol. The molecule has 1 saturated heterocycles. The average Bonchev–Trinajstić information content (AvgIpc) is 2.57. The van der Waals surface area contributed by atoms with Gasteiger partial charge < -0.3 is 10.0 Å². The number of halogens is 1. The molecule has 0 spiro atoms. The number of anilines is 1. The van der Waals surface area contributed by atoms with E-state index in [1.807, 2.05) is 0 Å². The van der Waals surface area contributed by atoms with Crippen LogP contribution in [0.2, 0.25) is 0 Å². The van der Waals surface area contributed by atoms with Crippen LogP contribution in [0.15, 0.2) is 22.7 Å². The second-order valence-electron chi connectivity index (χ2n) is 3.76. The Morgan fingerprint density at radius 1 is 1.53 bits per heavy atom. The molecule has 1 unspecified atom stereocenters. The maximum Gasteiger partial charge on any atom is 0.283 e. The largest absolute Gasteiger partial charge is 0.391 e. The smallest absolute Gasteiger partial charge is 0.283 e. The molecular formula is C10H9BrN2O4. The number of aliphatic hydroxyl groups excluding tert-OH is 1. The zero-order valence-corrected chi connectivity index (χ0v) is 10.3. The molecule has 1 aliphatic heterocycles. The van der Waals surface area contributed by atoms with Crippen molar-refractivity contribution in [2.24, 2.45) is 0 Å². The third-order valence-corrected chi connectivity index (χ3v) is 3.18. The molecule has 90 valence electrons. The zero-order valence-electron chi connectivity index (χ0n) is 8.67. The lowest BCUT2D eigenvalue weighted by Gasteiger charge is -2.15. The molecule has 1 aliphatic rings. The Hall–Kier alpha value is -1.47. The fraction of sp³-hybridized carbons (Fsp3) is 0.300. The summed E-state index contributed by atoms with van der Waals surface area (Å²) in [6, 6.07) is 4.34. The number of rotatable bonds is 2. The standard InChI is InChI=1S/C10H9BrN2O4/c11-8-3-6(1-2-9(8)13(16)17)12-5-7(14)4-10(12)15/h1-3,7,14H,4-5H2. The van der Waals surface area contributed by atoms with Crippen LogP contribution in [0.1, 0.15) is 6.42 Å². The van der Waals surface area contributed by atoms with Gasteiger partial charge in [0.25, 0.3) is 5.69 Å². The van der Waals surface area contributed by atoms with E-state index in [1.165, 1.54) is 23.1 Å². The summed E-state index contributed by atoms with van der Waals surface area (Å²) in [5.41, 5.74) is 0.491. The fourth-order valence-corrected chi connectivity index (χ4v) is 2.26. The molecule has 1 aromatic rings. The van der Waals surface area contributed by atoms with E-state index in [9.17, 15) is 20.0 Å². The highest BCUT2D eigenvalue weighted by Gasteiger charge is 2.29. The number of amides is 1. The predicted octanol–water partition coefficient (Wildman–Crippen LogP) is 1.45. The molecule has 7 heteroatoms. The van der Waals surface area contributed by atoms with E-state index >= 15 is 0 Å². The minimum absolute atomic E-state index is 0.0547. The number of benzene rings is 1. The molecule has 0 bridgehead atoms. The van der Waals surface area contributed by atoms with Gasteiger partial charge in [-0.05, 0) is 28.1 Å². The van der Waals surface area contributed by atoms with Crippen molar-refractivity contribution in [1.82, 2.24) is 0 Å². The summed E-state index contributed by atoms with van der Waals surface area (Å²) in [7, 11) is 0. The monoisotopic (exact) mass is 300 g/mol. The summed E-state index contributed by atoms with van der Waals surface area (Å²) in [6.45, 7) is 0.225. The summed E-state index contributed by atoms with van der Waals surface area (Å²) < 4.78 is 0.314. The van der Waals surface area contributed by atoms with Gasteiger partial charge >= 0.3 is 0 Å². The lowest BCUT2D eigenvalue weighted by atomic mass is 10.2. The van der Waals surface area contributed by atoms with Gasteiger partial charge in [0.15, 0.2) is 0 Å². The number of nitro groups is 1. The van der Waals surface area contributed by atoms with Crippen molar-refractivity contribution in [2.75, 3.05) is 11.4 Å². The van der Waals surface area contributed by atoms with Crippen molar-refractivity contribution in [2.45, 2.75) is 12.5 Å². The van der Waals surface area contributed by atoms with Crippen molar-refractivity contribution in [3.05, 3.63) is 32.8 Å². The molecule has 17 heavy (non-hydrogen) atoms. The van der Waals surface area contributed by atoms with Gasteiger partial charge in [-0.25, -0.2) is 0 Å². The van der Waals surface area contributed by atoms with Crippen molar-refractivity contribution in [3.8, 4) is 0 Å². The summed E-state index contributed by atoms with van der Waals surface area (Å²) in [6.07, 6.45) is -0.578. The van der Waals surface area contributed by atoms with E-state index in [-0.39, 0.29) is 24.6 Å². The number of nitrogens with zero attached hydrogens (tertiary/aromatic N) is 2. The Kier molecular flexibility index (Phi) is 3.12. The highest BCUT2D eigenvalue weighted by Crippen LogP contribution is 2.31. The van der Waals surface area contributed by atoms with Crippen LogP contribution < -0.4 is 4.90 Å². The van der Waals surface area contributed by atoms with Gasteiger partial charge in [-0.1, -0.05) is 0 Å². The van der Waals surface area contributed by atoms with Gasteiger partial charge in [0, 0.05) is 11.8 Å². The molecule has 1 heterocycles. The third-order valence-electron chi connectivity index (χ3n) is 2.54. The first kappa shape index (κ1) is 12.0. The van der Waals surface area contributed by atoms with E-state index in [4.69, 9.17) is 0 Å². The van der Waals surface area contributed by atoms with Gasteiger partial charge in [0.2, 0.25) is 5.91 Å². The minimum atomic E-state index is -0.670. The second-order valence-corrected chi connectivity index (χ2v) is 4.61. The number of carbonyl (C=O) groups is 1. The molecule has 1 aromatic carbocycles. The molecule has 0 aliphatic carbocycles. The quantitative estimate of drug-likeness (QED) is 0.662. The Balaban J connectivity index is 2.32. The summed E-state index contributed by atoms with van der Waals surface area (Å²) in [5.74, 6) is -0.182. The van der Waals surface area contributed by atoms with Gasteiger partial charge in [-0.2, -0.15) is 0 Å². The Labute approximate surface area is 105 Å². The first-order chi connectivity index (χ1) is 7.99. The lowest BCUT2D eigenvalue weighted by Crippen LogP contribution is -2.25. The minimum Gasteiger partial charge on any atom is -0.391 e. The predicted molar refractivity (Wildman–Crippen MR) is 63.8 cm³/mol. The SMILES string of the molecule is O=C1CC(O)CN1c1ccc([N+](=O)[O-])c(Br)c1. The Morgan fingerprint density at radius 2 is 2.24 bits per heavy atom. The molecule has 0 aromatic heterocycles. The van der Waals surface area contributed by atoms with Crippen LogP contribution in [0.3, 0.4) is 0 Å². The number of β-amino-alcohol motifs (C(OH)–C–C–N with tert-alkyl or cyclic N) is 1. The van der Waals surface area contributed by atoms with E-state index in [0.717, 1.165) is 0 Å². The molecule has 2 rings (SSSR count). The van der Waals surface area contributed by atoms with Gasteiger partial charge in [0.1, 0.15) is 0 Å². The first-order valence-corrected chi connectivity index (χ1v) is 5.70. The maximum absolute atomic E-state index is 11.5. The molecule has 1 N–H and O–H groups in total. The molecule has 0 saturated carbocycles. The van der Waals surface area contributed by atoms with Crippen molar-refractivity contribution in [1.29, 1.82) is 0 Å². The fourth-order valence-electron chi connectivity index (χ4n) is 1.75. The highest BCUT2D eigenvalue weighted by atomic mass is 79.9. The normalized spacial score (nSPS) is 19.8.